The molecule has 0 spiro atoms. The van der Waals surface area contributed by atoms with E-state index in [1.165, 1.54) is 4.90 Å². The van der Waals surface area contributed by atoms with Gasteiger partial charge in [-0.05, 0) is 75.4 Å². The maximum absolute atomic E-state index is 13.7. The third-order valence-corrected chi connectivity index (χ3v) is 5.82. The molecule has 6 heteroatoms. The molecule has 168 valence electrons. The number of aryl methyl sites for hydroxylation is 1. The quantitative estimate of drug-likeness (QED) is 0.624. The van der Waals surface area contributed by atoms with Gasteiger partial charge in [0.25, 0.3) is 11.8 Å². The van der Waals surface area contributed by atoms with Crippen LogP contribution in [0.2, 0.25) is 0 Å². The van der Waals surface area contributed by atoms with Gasteiger partial charge in [0, 0.05) is 13.1 Å². The number of carbonyl (C=O) groups excluding carboxylic acids is 2. The Kier molecular flexibility index (Phi) is 6.21. The predicted octanol–water partition coefficient (Wildman–Crippen LogP) is 4.56. The van der Waals surface area contributed by atoms with Gasteiger partial charge < -0.3 is 14.4 Å². The van der Waals surface area contributed by atoms with Crippen LogP contribution in [0, 0.1) is 6.92 Å². The van der Waals surface area contributed by atoms with Crippen molar-refractivity contribution in [2.24, 2.45) is 0 Å². The number of hydrogen-bond donors (Lipinski definition) is 0. The molecule has 6 nitrogen and oxygen atoms in total. The van der Waals surface area contributed by atoms with Gasteiger partial charge in [-0.25, -0.2) is 4.90 Å². The molecule has 0 bridgehead atoms. The number of likely N-dealkylation sites (tertiary alicyclic amines) is 1. The van der Waals surface area contributed by atoms with Crippen molar-refractivity contribution in [2.45, 2.75) is 46.1 Å². The van der Waals surface area contributed by atoms with Crippen molar-refractivity contribution in [3.8, 4) is 11.5 Å². The summed E-state index contributed by atoms with van der Waals surface area (Å²) in [6.07, 6.45) is 3.21. The fraction of sp³-hybridized carbons (Fsp3) is 0.385. The van der Waals surface area contributed by atoms with E-state index in [2.05, 4.69) is 4.90 Å². The van der Waals surface area contributed by atoms with Crippen LogP contribution in [0.3, 0.4) is 0 Å². The van der Waals surface area contributed by atoms with Gasteiger partial charge in [-0.15, -0.1) is 0 Å². The van der Waals surface area contributed by atoms with Crippen LogP contribution in [0.1, 0.15) is 44.2 Å². The van der Waals surface area contributed by atoms with Crippen LogP contribution in [0.4, 0.5) is 5.69 Å². The minimum Gasteiger partial charge on any atom is -0.495 e. The third-order valence-electron chi connectivity index (χ3n) is 5.82. The van der Waals surface area contributed by atoms with E-state index in [4.69, 9.17) is 9.47 Å². The van der Waals surface area contributed by atoms with Crippen molar-refractivity contribution in [3.63, 3.8) is 0 Å². The topological polar surface area (TPSA) is 59.1 Å². The maximum Gasteiger partial charge on any atom is 0.282 e. The van der Waals surface area contributed by atoms with Crippen molar-refractivity contribution in [1.82, 2.24) is 4.90 Å². The number of piperidine rings is 1. The van der Waals surface area contributed by atoms with E-state index in [0.29, 0.717) is 28.3 Å². The number of hydrogen-bond acceptors (Lipinski definition) is 5. The van der Waals surface area contributed by atoms with Gasteiger partial charge in [-0.2, -0.15) is 0 Å². The molecule has 0 N–H and O–H groups in total. The van der Waals surface area contributed by atoms with Gasteiger partial charge in [0.2, 0.25) is 0 Å². The first-order chi connectivity index (χ1) is 15.4. The second-order valence-corrected chi connectivity index (χ2v) is 8.58. The Balaban J connectivity index is 1.80. The van der Waals surface area contributed by atoms with E-state index >= 15 is 0 Å². The fourth-order valence-electron chi connectivity index (χ4n) is 4.36. The molecular formula is C26H30N2O4. The zero-order valence-corrected chi connectivity index (χ0v) is 19.2. The molecule has 2 aromatic rings. The van der Waals surface area contributed by atoms with Crippen molar-refractivity contribution in [2.75, 3.05) is 25.1 Å². The summed E-state index contributed by atoms with van der Waals surface area (Å²) in [5, 5.41) is 0. The average Bonchev–Trinajstić information content (AvgIpc) is 3.04. The molecule has 4 rings (SSSR count). The number of nitrogens with zero attached hydrogens (tertiary/aromatic N) is 2. The van der Waals surface area contributed by atoms with Crippen LogP contribution >= 0.6 is 0 Å². The number of anilines is 1. The first-order valence-corrected chi connectivity index (χ1v) is 11.2. The fourth-order valence-corrected chi connectivity index (χ4v) is 4.36. The highest BCUT2D eigenvalue weighted by atomic mass is 16.5. The van der Waals surface area contributed by atoms with Gasteiger partial charge in [-0.3, -0.25) is 9.59 Å². The van der Waals surface area contributed by atoms with Crippen LogP contribution in [0.25, 0.3) is 5.57 Å². The summed E-state index contributed by atoms with van der Waals surface area (Å²) < 4.78 is 11.2. The number of carbonyl (C=O) groups is 2. The van der Waals surface area contributed by atoms with E-state index in [-0.39, 0.29) is 17.9 Å². The molecule has 2 amide bonds. The lowest BCUT2D eigenvalue weighted by Crippen LogP contribution is -2.37. The Morgan fingerprint density at radius 3 is 2.22 bits per heavy atom. The van der Waals surface area contributed by atoms with Crippen LogP contribution in [0.15, 0.2) is 48.2 Å². The highest BCUT2D eigenvalue weighted by Crippen LogP contribution is 2.40. The third kappa shape index (κ3) is 4.09. The van der Waals surface area contributed by atoms with Gasteiger partial charge in [0.15, 0.2) is 0 Å². The monoisotopic (exact) mass is 434 g/mol. The molecule has 0 aromatic heterocycles. The zero-order valence-electron chi connectivity index (χ0n) is 19.2. The molecule has 0 atom stereocenters. The number of rotatable bonds is 6. The maximum atomic E-state index is 13.7. The minimum atomic E-state index is -0.322. The van der Waals surface area contributed by atoms with Gasteiger partial charge in [0.05, 0.1) is 24.5 Å². The summed E-state index contributed by atoms with van der Waals surface area (Å²) >= 11 is 0. The first kappa shape index (κ1) is 21.9. The number of benzene rings is 2. The lowest BCUT2D eigenvalue weighted by Gasteiger charge is -2.29. The number of methoxy groups -OCH3 is 1. The molecule has 2 aliphatic rings. The standard InChI is InChI=1S/C26H30N2O4/c1-17(2)32-20-11-9-19(10-12-20)23-24(27-14-6-5-7-15-27)26(30)28(25(23)29)21-16-18(3)8-13-22(21)31-4/h8-13,16-17H,5-7,14-15H2,1-4H3. The lowest BCUT2D eigenvalue weighted by atomic mass is 10.0. The van der Waals surface area contributed by atoms with E-state index in [1.807, 2.05) is 57.2 Å². The van der Waals surface area contributed by atoms with E-state index < -0.39 is 0 Å². The summed E-state index contributed by atoms with van der Waals surface area (Å²) in [7, 11) is 1.55. The number of imide groups is 1. The molecule has 0 saturated carbocycles. The molecule has 1 fully saturated rings. The van der Waals surface area contributed by atoms with Crippen molar-refractivity contribution < 1.29 is 19.1 Å². The van der Waals surface area contributed by atoms with Crippen molar-refractivity contribution >= 4 is 23.1 Å². The van der Waals surface area contributed by atoms with Gasteiger partial charge in [0.1, 0.15) is 17.2 Å². The van der Waals surface area contributed by atoms with E-state index in [1.54, 1.807) is 13.2 Å². The average molecular weight is 435 g/mol. The van der Waals surface area contributed by atoms with Crippen molar-refractivity contribution in [1.29, 1.82) is 0 Å². The molecule has 0 unspecified atom stereocenters. The summed E-state index contributed by atoms with van der Waals surface area (Å²) in [5.41, 5.74) is 3.07. The smallest absolute Gasteiger partial charge is 0.282 e. The Bertz CT molecular complexity index is 1050. The van der Waals surface area contributed by atoms with Crippen molar-refractivity contribution in [3.05, 3.63) is 59.3 Å². The second kappa shape index (κ2) is 9.07. The summed E-state index contributed by atoms with van der Waals surface area (Å²) in [6.45, 7) is 7.41. The molecular weight excluding hydrogens is 404 g/mol. The van der Waals surface area contributed by atoms with Crippen LogP contribution in [-0.2, 0) is 9.59 Å². The predicted molar refractivity (Wildman–Crippen MR) is 125 cm³/mol. The highest BCUT2D eigenvalue weighted by Gasteiger charge is 2.43. The largest absolute Gasteiger partial charge is 0.495 e. The van der Waals surface area contributed by atoms with E-state index in [0.717, 1.165) is 43.7 Å². The Hall–Kier alpha value is -3.28. The molecule has 32 heavy (non-hydrogen) atoms. The normalized spacial score (nSPS) is 16.9. The number of amides is 2. The van der Waals surface area contributed by atoms with Gasteiger partial charge >= 0.3 is 0 Å². The number of ether oxygens (including phenoxy) is 2. The molecule has 2 heterocycles. The lowest BCUT2D eigenvalue weighted by molar-refractivity contribution is -0.120. The first-order valence-electron chi connectivity index (χ1n) is 11.2. The zero-order chi connectivity index (χ0) is 22.8. The molecule has 0 radical (unpaired) electrons. The van der Waals surface area contributed by atoms with E-state index in [9.17, 15) is 9.59 Å². The Morgan fingerprint density at radius 2 is 1.59 bits per heavy atom. The SMILES string of the molecule is COc1ccc(C)cc1N1C(=O)C(c2ccc(OC(C)C)cc2)=C(N2CCCCC2)C1=O. The summed E-state index contributed by atoms with van der Waals surface area (Å²) in [5.74, 6) is 0.616. The Labute approximate surface area is 189 Å². The van der Waals surface area contributed by atoms with Crippen LogP contribution in [0.5, 0.6) is 11.5 Å². The second-order valence-electron chi connectivity index (χ2n) is 8.58. The molecule has 2 aromatic carbocycles. The molecule has 1 saturated heterocycles. The molecule has 2 aliphatic heterocycles. The molecule has 0 aliphatic carbocycles. The van der Waals surface area contributed by atoms with Gasteiger partial charge in [-0.1, -0.05) is 18.2 Å². The summed E-state index contributed by atoms with van der Waals surface area (Å²) in [4.78, 5) is 30.8. The minimum absolute atomic E-state index is 0.0583. The van der Waals surface area contributed by atoms with Crippen LogP contribution in [-0.4, -0.2) is 43.0 Å². The summed E-state index contributed by atoms with van der Waals surface area (Å²) in [6, 6.07) is 12.9. The highest BCUT2D eigenvalue weighted by molar-refractivity contribution is 6.45. The van der Waals surface area contributed by atoms with Crippen LogP contribution < -0.4 is 14.4 Å². The Morgan fingerprint density at radius 1 is 0.906 bits per heavy atom.